The minimum atomic E-state index is 0.830. The van der Waals surface area contributed by atoms with Crippen molar-refractivity contribution in [1.29, 1.82) is 0 Å². The first-order valence-corrected chi connectivity index (χ1v) is 9.74. The number of benzene rings is 1. The maximum Gasteiger partial charge on any atom is 0.161 e. The molecule has 1 aliphatic heterocycles. The molecule has 1 aliphatic rings. The van der Waals surface area contributed by atoms with Crippen LogP contribution >= 0.6 is 11.3 Å². The molecule has 4 nitrogen and oxygen atoms in total. The number of fused-ring (bicyclic) bond motifs is 1. The van der Waals surface area contributed by atoms with Crippen molar-refractivity contribution in [3.05, 3.63) is 45.6 Å². The van der Waals surface area contributed by atoms with Crippen molar-refractivity contribution >= 4 is 11.3 Å². The van der Waals surface area contributed by atoms with E-state index in [0.717, 1.165) is 50.6 Å². The van der Waals surface area contributed by atoms with Crippen molar-refractivity contribution < 1.29 is 9.47 Å². The molecule has 2 aromatic rings. The lowest BCUT2D eigenvalue weighted by Crippen LogP contribution is -2.26. The highest BCUT2D eigenvalue weighted by molar-refractivity contribution is 7.09. The number of methoxy groups -OCH3 is 2. The minimum absolute atomic E-state index is 0.830. The minimum Gasteiger partial charge on any atom is -0.493 e. The monoisotopic (exact) mass is 360 g/mol. The van der Waals surface area contributed by atoms with Crippen molar-refractivity contribution in [2.75, 3.05) is 40.9 Å². The van der Waals surface area contributed by atoms with E-state index in [4.69, 9.17) is 9.47 Å². The summed E-state index contributed by atoms with van der Waals surface area (Å²) < 4.78 is 10.8. The number of ether oxygens (including phenoxy) is 2. The van der Waals surface area contributed by atoms with Gasteiger partial charge in [0.05, 0.1) is 14.2 Å². The highest BCUT2D eigenvalue weighted by Gasteiger charge is 2.21. The molecule has 25 heavy (non-hydrogen) atoms. The van der Waals surface area contributed by atoms with E-state index in [-0.39, 0.29) is 0 Å². The standard InChI is InChI=1S/C20H28N2O2S/c1-21(10-7-18-6-4-11-25-18)8-5-9-22-14-16-12-19(23-2)20(24-3)13-17(16)15-22/h4,6,11-13H,5,7-10,14-15H2,1-3H3. The molecule has 0 fully saturated rings. The molecule has 0 radical (unpaired) electrons. The molecule has 0 N–H and O–H groups in total. The van der Waals surface area contributed by atoms with Crippen molar-refractivity contribution in [3.8, 4) is 11.5 Å². The Bertz CT molecular complexity index is 640. The van der Waals surface area contributed by atoms with Gasteiger partial charge in [-0.25, -0.2) is 0 Å². The smallest absolute Gasteiger partial charge is 0.161 e. The molecule has 0 bridgehead atoms. The summed E-state index contributed by atoms with van der Waals surface area (Å²) in [6, 6.07) is 8.61. The summed E-state index contributed by atoms with van der Waals surface area (Å²) in [6.07, 6.45) is 2.35. The number of rotatable bonds is 9. The maximum absolute atomic E-state index is 5.42. The third-order valence-corrected chi connectivity index (χ3v) is 5.76. The van der Waals surface area contributed by atoms with Crippen LogP contribution in [0, 0.1) is 0 Å². The van der Waals surface area contributed by atoms with Gasteiger partial charge < -0.3 is 14.4 Å². The summed E-state index contributed by atoms with van der Waals surface area (Å²) in [5.41, 5.74) is 2.73. The summed E-state index contributed by atoms with van der Waals surface area (Å²) in [6.45, 7) is 5.42. The van der Waals surface area contributed by atoms with E-state index in [1.54, 1.807) is 14.2 Å². The first-order valence-electron chi connectivity index (χ1n) is 8.86. The predicted octanol–water partition coefficient (Wildman–Crippen LogP) is 3.65. The summed E-state index contributed by atoms with van der Waals surface area (Å²) in [7, 11) is 5.62. The first-order chi connectivity index (χ1) is 12.2. The van der Waals surface area contributed by atoms with Gasteiger partial charge >= 0.3 is 0 Å². The molecular formula is C20H28N2O2S. The zero-order valence-corrected chi connectivity index (χ0v) is 16.3. The van der Waals surface area contributed by atoms with Gasteiger partial charge in [-0.1, -0.05) is 6.07 Å². The van der Waals surface area contributed by atoms with Crippen LogP contribution in [0.2, 0.25) is 0 Å². The van der Waals surface area contributed by atoms with Gasteiger partial charge in [-0.2, -0.15) is 0 Å². The topological polar surface area (TPSA) is 24.9 Å². The lowest BCUT2D eigenvalue weighted by molar-refractivity contribution is 0.251. The molecule has 5 heteroatoms. The highest BCUT2D eigenvalue weighted by Crippen LogP contribution is 2.34. The van der Waals surface area contributed by atoms with Crippen LogP contribution in [0.15, 0.2) is 29.6 Å². The van der Waals surface area contributed by atoms with E-state index >= 15 is 0 Å². The van der Waals surface area contributed by atoms with Gasteiger partial charge in [-0.15, -0.1) is 11.3 Å². The highest BCUT2D eigenvalue weighted by atomic mass is 32.1. The zero-order chi connectivity index (χ0) is 17.6. The molecule has 2 heterocycles. The van der Waals surface area contributed by atoms with Gasteiger partial charge in [0.15, 0.2) is 11.5 Å². The number of nitrogens with zero attached hydrogens (tertiary/aromatic N) is 2. The van der Waals surface area contributed by atoms with Crippen LogP contribution in [0.4, 0.5) is 0 Å². The van der Waals surface area contributed by atoms with Gasteiger partial charge in [0, 0.05) is 31.1 Å². The SMILES string of the molecule is COc1cc2c(cc1OC)CN(CCCN(C)CCc1cccs1)C2. The summed E-state index contributed by atoms with van der Waals surface area (Å²) >= 11 is 1.85. The third kappa shape index (κ3) is 4.75. The van der Waals surface area contributed by atoms with Crippen molar-refractivity contribution in [2.45, 2.75) is 25.9 Å². The molecular weight excluding hydrogens is 332 g/mol. The van der Waals surface area contributed by atoms with E-state index in [1.165, 1.54) is 22.4 Å². The second-order valence-electron chi connectivity index (χ2n) is 6.67. The number of hydrogen-bond acceptors (Lipinski definition) is 5. The average Bonchev–Trinajstić information content (AvgIpc) is 3.27. The first kappa shape index (κ1) is 18.2. The van der Waals surface area contributed by atoms with Crippen molar-refractivity contribution in [2.24, 2.45) is 0 Å². The number of thiophene rings is 1. The van der Waals surface area contributed by atoms with Gasteiger partial charge in [0.25, 0.3) is 0 Å². The Labute approximate surface area is 155 Å². The van der Waals surface area contributed by atoms with Crippen LogP contribution in [-0.4, -0.2) is 50.7 Å². The van der Waals surface area contributed by atoms with E-state index in [2.05, 4.69) is 46.5 Å². The van der Waals surface area contributed by atoms with Gasteiger partial charge in [0.2, 0.25) is 0 Å². The van der Waals surface area contributed by atoms with Crippen LogP contribution in [0.1, 0.15) is 22.4 Å². The maximum atomic E-state index is 5.42. The van der Waals surface area contributed by atoms with E-state index < -0.39 is 0 Å². The van der Waals surface area contributed by atoms with Gasteiger partial charge in [-0.3, -0.25) is 4.90 Å². The molecule has 0 saturated carbocycles. The molecule has 0 amide bonds. The van der Waals surface area contributed by atoms with Crippen molar-refractivity contribution in [3.63, 3.8) is 0 Å². The van der Waals surface area contributed by atoms with Crippen LogP contribution < -0.4 is 9.47 Å². The average molecular weight is 361 g/mol. The Hall–Kier alpha value is -1.56. The second kappa shape index (κ2) is 8.70. The lowest BCUT2D eigenvalue weighted by Gasteiger charge is -2.19. The molecule has 0 unspecified atom stereocenters. The molecule has 136 valence electrons. The van der Waals surface area contributed by atoms with E-state index in [9.17, 15) is 0 Å². The lowest BCUT2D eigenvalue weighted by atomic mass is 10.1. The Kier molecular flexibility index (Phi) is 6.34. The predicted molar refractivity (Wildman–Crippen MR) is 104 cm³/mol. The second-order valence-corrected chi connectivity index (χ2v) is 7.70. The zero-order valence-electron chi connectivity index (χ0n) is 15.5. The van der Waals surface area contributed by atoms with Crippen LogP contribution in [-0.2, 0) is 19.5 Å². The Morgan fingerprint density at radius 2 is 1.76 bits per heavy atom. The molecule has 0 spiro atoms. The third-order valence-electron chi connectivity index (χ3n) is 4.83. The Morgan fingerprint density at radius 3 is 2.32 bits per heavy atom. The quantitative estimate of drug-likeness (QED) is 0.681. The summed E-state index contributed by atoms with van der Waals surface area (Å²) in [5.74, 6) is 1.66. The van der Waals surface area contributed by atoms with E-state index in [0.29, 0.717) is 0 Å². The van der Waals surface area contributed by atoms with Crippen LogP contribution in [0.5, 0.6) is 11.5 Å². The van der Waals surface area contributed by atoms with E-state index in [1.807, 2.05) is 11.3 Å². The fourth-order valence-electron chi connectivity index (χ4n) is 3.39. The molecule has 0 saturated heterocycles. The Morgan fingerprint density at radius 1 is 1.08 bits per heavy atom. The number of hydrogen-bond donors (Lipinski definition) is 0. The largest absolute Gasteiger partial charge is 0.493 e. The summed E-state index contributed by atoms with van der Waals surface area (Å²) in [4.78, 5) is 6.43. The number of likely N-dealkylation sites (N-methyl/N-ethyl adjacent to an activating group) is 1. The molecule has 0 aliphatic carbocycles. The summed E-state index contributed by atoms with van der Waals surface area (Å²) in [5, 5.41) is 2.16. The fourth-order valence-corrected chi connectivity index (χ4v) is 4.08. The molecule has 0 atom stereocenters. The normalized spacial score (nSPS) is 14.1. The van der Waals surface area contributed by atoms with Crippen molar-refractivity contribution in [1.82, 2.24) is 9.80 Å². The van der Waals surface area contributed by atoms with Gasteiger partial charge in [-0.05, 0) is 61.1 Å². The van der Waals surface area contributed by atoms with Gasteiger partial charge in [0.1, 0.15) is 0 Å². The molecule has 1 aromatic carbocycles. The molecule has 1 aromatic heterocycles. The Balaban J connectivity index is 1.42. The molecule has 3 rings (SSSR count). The van der Waals surface area contributed by atoms with Crippen LogP contribution in [0.3, 0.4) is 0 Å². The van der Waals surface area contributed by atoms with Crippen LogP contribution in [0.25, 0.3) is 0 Å². The fraction of sp³-hybridized carbons (Fsp3) is 0.500.